The van der Waals surface area contributed by atoms with E-state index in [9.17, 15) is 4.79 Å². The van der Waals surface area contributed by atoms with Crippen LogP contribution in [-0.4, -0.2) is 16.6 Å². The second-order valence-corrected chi connectivity index (χ2v) is 8.56. The minimum atomic E-state index is -0.0842. The average molecular weight is 427 g/mol. The summed E-state index contributed by atoms with van der Waals surface area (Å²) in [4.78, 5) is 16.7. The smallest absolute Gasteiger partial charge is 0.234 e. The number of carbonyl (C=O) groups excluding carboxylic acids is 1. The maximum absolute atomic E-state index is 12.2. The van der Waals surface area contributed by atoms with Gasteiger partial charge in [0.15, 0.2) is 4.34 Å². The van der Waals surface area contributed by atoms with Crippen LogP contribution in [0.1, 0.15) is 0 Å². The van der Waals surface area contributed by atoms with E-state index in [0.717, 1.165) is 26.0 Å². The van der Waals surface area contributed by atoms with Gasteiger partial charge in [-0.1, -0.05) is 41.6 Å². The lowest BCUT2D eigenvalue weighted by atomic mass is 10.3. The molecule has 0 bridgehead atoms. The summed E-state index contributed by atoms with van der Waals surface area (Å²) >= 11 is 8.95. The van der Waals surface area contributed by atoms with Gasteiger partial charge in [0.2, 0.25) is 5.91 Å². The Morgan fingerprint density at radius 2 is 1.79 bits per heavy atom. The largest absolute Gasteiger partial charge is 0.457 e. The number of hydrogen-bond donors (Lipinski definition) is 1. The maximum atomic E-state index is 12.2. The number of fused-ring (bicyclic) bond motifs is 1. The van der Waals surface area contributed by atoms with Gasteiger partial charge in [0, 0.05) is 10.7 Å². The van der Waals surface area contributed by atoms with E-state index in [1.54, 1.807) is 11.3 Å². The number of nitrogens with zero attached hydrogens (tertiary/aromatic N) is 1. The number of para-hydroxylation sites is 1. The van der Waals surface area contributed by atoms with Gasteiger partial charge in [-0.15, -0.1) is 11.3 Å². The van der Waals surface area contributed by atoms with Crippen LogP contribution >= 0.6 is 34.7 Å². The summed E-state index contributed by atoms with van der Waals surface area (Å²) in [5.41, 5.74) is 1.58. The number of nitrogens with one attached hydrogen (secondary N) is 1. The molecule has 1 amide bonds. The Labute approximate surface area is 175 Å². The topological polar surface area (TPSA) is 51.2 Å². The van der Waals surface area contributed by atoms with Crippen LogP contribution in [0.15, 0.2) is 77.1 Å². The average Bonchev–Trinajstić information content (AvgIpc) is 3.11. The molecule has 1 N–H and O–H groups in total. The fourth-order valence-electron chi connectivity index (χ4n) is 2.50. The molecule has 3 aromatic carbocycles. The summed E-state index contributed by atoms with van der Waals surface area (Å²) in [5, 5.41) is 3.55. The highest BCUT2D eigenvalue weighted by atomic mass is 35.5. The van der Waals surface area contributed by atoms with Crippen molar-refractivity contribution in [3.8, 4) is 11.5 Å². The van der Waals surface area contributed by atoms with Crippen LogP contribution in [0.3, 0.4) is 0 Å². The van der Waals surface area contributed by atoms with Crippen LogP contribution in [0, 0.1) is 0 Å². The fourth-order valence-corrected chi connectivity index (χ4v) is 4.51. The normalized spacial score (nSPS) is 10.8. The Kier molecular flexibility index (Phi) is 5.81. The molecular weight excluding hydrogens is 412 g/mol. The third-order valence-corrected chi connectivity index (χ3v) is 6.19. The van der Waals surface area contributed by atoms with E-state index in [1.807, 2.05) is 72.8 Å². The van der Waals surface area contributed by atoms with Crippen LogP contribution in [0.5, 0.6) is 11.5 Å². The molecule has 28 heavy (non-hydrogen) atoms. The van der Waals surface area contributed by atoms with Crippen molar-refractivity contribution in [1.82, 2.24) is 4.98 Å². The van der Waals surface area contributed by atoms with Crippen molar-refractivity contribution >= 4 is 56.5 Å². The van der Waals surface area contributed by atoms with Crippen molar-refractivity contribution in [3.63, 3.8) is 0 Å². The molecule has 0 spiro atoms. The molecule has 0 unspecified atom stereocenters. The molecule has 1 heterocycles. The van der Waals surface area contributed by atoms with Gasteiger partial charge in [0.05, 0.1) is 16.0 Å². The number of ether oxygens (including phenoxy) is 1. The van der Waals surface area contributed by atoms with Gasteiger partial charge in [0.1, 0.15) is 11.5 Å². The summed E-state index contributed by atoms with van der Waals surface area (Å²) in [6, 6.07) is 22.5. The van der Waals surface area contributed by atoms with E-state index in [1.165, 1.54) is 11.8 Å². The van der Waals surface area contributed by atoms with E-state index in [4.69, 9.17) is 16.3 Å². The molecule has 0 aliphatic rings. The van der Waals surface area contributed by atoms with Crippen molar-refractivity contribution in [3.05, 3.63) is 77.8 Å². The molecule has 140 valence electrons. The Morgan fingerprint density at radius 1 is 1.04 bits per heavy atom. The predicted molar refractivity (Wildman–Crippen MR) is 117 cm³/mol. The van der Waals surface area contributed by atoms with Gasteiger partial charge in [-0.25, -0.2) is 4.98 Å². The summed E-state index contributed by atoms with van der Waals surface area (Å²) in [6.45, 7) is 0. The number of rotatable bonds is 6. The molecule has 0 aliphatic heterocycles. The van der Waals surface area contributed by atoms with Crippen molar-refractivity contribution < 1.29 is 9.53 Å². The molecule has 4 nitrogen and oxygen atoms in total. The zero-order valence-electron chi connectivity index (χ0n) is 14.6. The Hall–Kier alpha value is -2.54. The zero-order valence-corrected chi connectivity index (χ0v) is 17.0. The first-order valence-corrected chi connectivity index (χ1v) is 10.7. The van der Waals surface area contributed by atoms with Gasteiger partial charge in [-0.3, -0.25) is 4.79 Å². The highest BCUT2D eigenvalue weighted by Gasteiger charge is 2.09. The van der Waals surface area contributed by atoms with Gasteiger partial charge < -0.3 is 10.1 Å². The highest BCUT2D eigenvalue weighted by Crippen LogP contribution is 2.31. The van der Waals surface area contributed by atoms with Crippen molar-refractivity contribution in [2.45, 2.75) is 4.34 Å². The number of carbonyl (C=O) groups is 1. The first-order valence-electron chi connectivity index (χ1n) is 8.47. The molecule has 7 heteroatoms. The van der Waals surface area contributed by atoms with Crippen LogP contribution in [0.4, 0.5) is 5.69 Å². The number of thiazole rings is 1. The molecule has 1 aromatic heterocycles. The van der Waals surface area contributed by atoms with Crippen LogP contribution in [0.25, 0.3) is 10.2 Å². The van der Waals surface area contributed by atoms with E-state index in [2.05, 4.69) is 10.3 Å². The molecule has 4 rings (SSSR count). The first kappa shape index (κ1) is 18.8. The van der Waals surface area contributed by atoms with Crippen molar-refractivity contribution in [2.75, 3.05) is 11.1 Å². The number of thioether (sulfide) groups is 1. The lowest BCUT2D eigenvalue weighted by Gasteiger charge is -2.07. The van der Waals surface area contributed by atoms with Gasteiger partial charge in [0.25, 0.3) is 0 Å². The number of amides is 1. The minimum absolute atomic E-state index is 0.0842. The second kappa shape index (κ2) is 8.65. The summed E-state index contributed by atoms with van der Waals surface area (Å²) in [7, 11) is 0. The predicted octanol–water partition coefficient (Wildman–Crippen LogP) is 6.47. The number of hydrogen-bond acceptors (Lipinski definition) is 5. The zero-order chi connectivity index (χ0) is 19.3. The summed E-state index contributed by atoms with van der Waals surface area (Å²) in [5.74, 6) is 1.69. The Morgan fingerprint density at radius 3 is 2.57 bits per heavy atom. The monoisotopic (exact) mass is 426 g/mol. The van der Waals surface area contributed by atoms with Gasteiger partial charge in [-0.05, 0) is 54.6 Å². The Bertz CT molecular complexity index is 1100. The lowest BCUT2D eigenvalue weighted by molar-refractivity contribution is -0.113. The van der Waals surface area contributed by atoms with E-state index >= 15 is 0 Å². The quantitative estimate of drug-likeness (QED) is 0.359. The number of anilines is 1. The maximum Gasteiger partial charge on any atom is 0.234 e. The van der Waals surface area contributed by atoms with Gasteiger partial charge >= 0.3 is 0 Å². The molecule has 0 aliphatic carbocycles. The van der Waals surface area contributed by atoms with Crippen LogP contribution in [0.2, 0.25) is 5.02 Å². The third kappa shape index (κ3) is 4.84. The Balaban J connectivity index is 1.31. The van der Waals surface area contributed by atoms with Crippen LogP contribution in [-0.2, 0) is 4.79 Å². The van der Waals surface area contributed by atoms with Crippen LogP contribution < -0.4 is 10.1 Å². The third-order valence-electron chi connectivity index (χ3n) is 3.77. The SMILES string of the molecule is O=C(CSc1nc2cc(Cl)ccc2s1)Nc1ccc(Oc2ccccc2)cc1. The minimum Gasteiger partial charge on any atom is -0.457 e. The molecule has 0 saturated carbocycles. The molecule has 0 atom stereocenters. The van der Waals surface area contributed by atoms with E-state index in [0.29, 0.717) is 10.8 Å². The molecule has 4 aromatic rings. The lowest BCUT2D eigenvalue weighted by Crippen LogP contribution is -2.13. The molecule has 0 fully saturated rings. The highest BCUT2D eigenvalue weighted by molar-refractivity contribution is 8.01. The fraction of sp³-hybridized carbons (Fsp3) is 0.0476. The summed E-state index contributed by atoms with van der Waals surface area (Å²) in [6.07, 6.45) is 0. The number of halogens is 1. The standard InChI is InChI=1S/C21H15ClN2O2S2/c22-14-6-11-19-18(12-14)24-21(28-19)27-13-20(25)23-15-7-9-17(10-8-15)26-16-4-2-1-3-5-16/h1-12H,13H2,(H,23,25). The number of aromatic nitrogens is 1. The molecular formula is C21H15ClN2O2S2. The van der Waals surface area contributed by atoms with Crippen molar-refractivity contribution in [2.24, 2.45) is 0 Å². The van der Waals surface area contributed by atoms with Gasteiger partial charge in [-0.2, -0.15) is 0 Å². The summed E-state index contributed by atoms with van der Waals surface area (Å²) < 4.78 is 7.65. The second-order valence-electron chi connectivity index (χ2n) is 5.87. The molecule has 0 saturated heterocycles. The van der Waals surface area contributed by atoms with E-state index < -0.39 is 0 Å². The first-order chi connectivity index (χ1) is 13.7. The molecule has 0 radical (unpaired) electrons. The van der Waals surface area contributed by atoms with Crippen molar-refractivity contribution in [1.29, 1.82) is 0 Å². The number of benzene rings is 3. The van der Waals surface area contributed by atoms with E-state index in [-0.39, 0.29) is 11.7 Å².